The number of ketones is 1. The van der Waals surface area contributed by atoms with E-state index < -0.39 is 29.7 Å². The van der Waals surface area contributed by atoms with E-state index in [1.807, 2.05) is 5.32 Å². The number of fused-ring (bicyclic) bond motifs is 1. The Labute approximate surface area is 66.5 Å². The highest BCUT2D eigenvalue weighted by atomic mass is 16.2. The fourth-order valence-electron chi connectivity index (χ4n) is 1.32. The Morgan fingerprint density at radius 2 is 1.92 bits per heavy atom. The largest absolute Gasteiger partial charge is 0.331 e. The molecule has 2 heterocycles. The molecule has 4 amide bonds. The Morgan fingerprint density at radius 1 is 1.25 bits per heavy atom. The summed E-state index contributed by atoms with van der Waals surface area (Å²) in [5.74, 6) is -2.13. The molecule has 2 rings (SSSR count). The molecule has 2 saturated heterocycles. The molecule has 0 radical (unpaired) electrons. The Balaban J connectivity index is 2.41. The summed E-state index contributed by atoms with van der Waals surface area (Å²) < 4.78 is 0. The Kier molecular flexibility index (Phi) is 1.10. The number of nitrogens with zero attached hydrogens (tertiary/aromatic N) is 1. The lowest BCUT2D eigenvalue weighted by atomic mass is 10.2. The van der Waals surface area contributed by atoms with Crippen LogP contribution >= 0.6 is 0 Å². The number of hydrogen-bond donors (Lipinski definition) is 1. The summed E-state index contributed by atoms with van der Waals surface area (Å²) in [5.41, 5.74) is 0. The molecule has 1 unspecified atom stereocenters. The molecule has 1 N–H and O–H groups in total. The van der Waals surface area contributed by atoms with Gasteiger partial charge in [0.25, 0.3) is 11.8 Å². The van der Waals surface area contributed by atoms with Gasteiger partial charge in [-0.1, -0.05) is 0 Å². The number of rotatable bonds is 0. The van der Waals surface area contributed by atoms with Gasteiger partial charge in [0.05, 0.1) is 0 Å². The van der Waals surface area contributed by atoms with E-state index in [4.69, 9.17) is 0 Å². The fourth-order valence-corrected chi connectivity index (χ4v) is 1.32. The Morgan fingerprint density at radius 3 is 2.50 bits per heavy atom. The van der Waals surface area contributed by atoms with Gasteiger partial charge in [-0.3, -0.25) is 19.7 Å². The van der Waals surface area contributed by atoms with Crippen molar-refractivity contribution in [3.63, 3.8) is 0 Å². The standard InChI is InChI=1S/C6H4N2O4/c9-3-1-2-4(10)7-6(12)8(2)5(3)11/h2H,1H2,(H,7,10,12). The van der Waals surface area contributed by atoms with Crippen molar-refractivity contribution in [2.24, 2.45) is 0 Å². The van der Waals surface area contributed by atoms with Crippen LogP contribution in [0.15, 0.2) is 0 Å². The molecule has 2 aliphatic heterocycles. The highest BCUT2D eigenvalue weighted by Gasteiger charge is 2.51. The van der Waals surface area contributed by atoms with Crippen molar-refractivity contribution in [1.82, 2.24) is 10.2 Å². The van der Waals surface area contributed by atoms with Crippen LogP contribution in [0.25, 0.3) is 0 Å². The highest BCUT2D eigenvalue weighted by Crippen LogP contribution is 2.20. The first-order valence-corrected chi connectivity index (χ1v) is 3.32. The van der Waals surface area contributed by atoms with Gasteiger partial charge in [0.1, 0.15) is 6.04 Å². The number of amides is 4. The second kappa shape index (κ2) is 1.90. The molecule has 0 aromatic heterocycles. The molecule has 0 aromatic rings. The molecule has 0 aromatic carbocycles. The third-order valence-electron chi connectivity index (χ3n) is 1.90. The van der Waals surface area contributed by atoms with Crippen LogP contribution in [0.1, 0.15) is 6.42 Å². The second-order valence-corrected chi connectivity index (χ2v) is 2.61. The van der Waals surface area contributed by atoms with Crippen LogP contribution in [-0.2, 0) is 14.4 Å². The molecule has 1 atom stereocenters. The van der Waals surface area contributed by atoms with E-state index in [1.165, 1.54) is 0 Å². The van der Waals surface area contributed by atoms with Crippen molar-refractivity contribution in [3.8, 4) is 0 Å². The molecular formula is C6H4N2O4. The van der Waals surface area contributed by atoms with Crippen molar-refractivity contribution < 1.29 is 19.2 Å². The summed E-state index contributed by atoms with van der Waals surface area (Å²) in [7, 11) is 0. The maximum absolute atomic E-state index is 10.9. The van der Waals surface area contributed by atoms with Crippen molar-refractivity contribution in [2.45, 2.75) is 12.5 Å². The summed E-state index contributed by atoms with van der Waals surface area (Å²) in [5, 5.41) is 1.94. The number of urea groups is 1. The number of hydrogen-bond acceptors (Lipinski definition) is 4. The van der Waals surface area contributed by atoms with Crippen LogP contribution in [0.3, 0.4) is 0 Å². The van der Waals surface area contributed by atoms with Gasteiger partial charge in [-0.15, -0.1) is 0 Å². The zero-order valence-corrected chi connectivity index (χ0v) is 5.86. The van der Waals surface area contributed by atoms with Gasteiger partial charge < -0.3 is 0 Å². The van der Waals surface area contributed by atoms with Gasteiger partial charge in [0.15, 0.2) is 0 Å². The molecule has 2 fully saturated rings. The number of nitrogens with one attached hydrogen (secondary N) is 1. The van der Waals surface area contributed by atoms with Crippen molar-refractivity contribution in [2.75, 3.05) is 0 Å². The van der Waals surface area contributed by atoms with Crippen LogP contribution in [0.2, 0.25) is 0 Å². The SMILES string of the molecule is O=C1CC2C(=O)NC(=O)N2C1=O. The minimum absolute atomic E-state index is 0.184. The quantitative estimate of drug-likeness (QED) is 0.349. The van der Waals surface area contributed by atoms with E-state index in [2.05, 4.69) is 0 Å². The highest BCUT2D eigenvalue weighted by molar-refractivity contribution is 6.43. The second-order valence-electron chi connectivity index (χ2n) is 2.61. The molecule has 6 nitrogen and oxygen atoms in total. The summed E-state index contributed by atoms with van der Waals surface area (Å²) in [4.78, 5) is 44.1. The van der Waals surface area contributed by atoms with Gasteiger partial charge in [0, 0.05) is 6.42 Å². The molecule has 2 aliphatic rings. The zero-order valence-electron chi connectivity index (χ0n) is 5.86. The van der Waals surface area contributed by atoms with E-state index in [0.29, 0.717) is 4.90 Å². The minimum Gasteiger partial charge on any atom is -0.289 e. The predicted molar refractivity (Wildman–Crippen MR) is 33.8 cm³/mol. The lowest BCUT2D eigenvalue weighted by Crippen LogP contribution is -2.34. The van der Waals surface area contributed by atoms with Gasteiger partial charge in [-0.05, 0) is 0 Å². The van der Waals surface area contributed by atoms with Crippen LogP contribution in [0.5, 0.6) is 0 Å². The van der Waals surface area contributed by atoms with E-state index in [9.17, 15) is 19.2 Å². The molecular weight excluding hydrogens is 164 g/mol. The summed E-state index contributed by atoms with van der Waals surface area (Å²) in [6.07, 6.45) is -0.184. The first-order valence-electron chi connectivity index (χ1n) is 3.32. The van der Waals surface area contributed by atoms with Gasteiger partial charge >= 0.3 is 6.03 Å². The molecule has 0 saturated carbocycles. The van der Waals surface area contributed by atoms with E-state index >= 15 is 0 Å². The maximum atomic E-state index is 10.9. The number of carbonyl (C=O) groups is 4. The van der Waals surface area contributed by atoms with E-state index in [1.54, 1.807) is 0 Å². The van der Waals surface area contributed by atoms with E-state index in [-0.39, 0.29) is 6.42 Å². The van der Waals surface area contributed by atoms with Crippen LogP contribution in [0, 0.1) is 0 Å². The van der Waals surface area contributed by atoms with Crippen molar-refractivity contribution >= 4 is 23.6 Å². The lowest BCUT2D eigenvalue weighted by molar-refractivity contribution is -0.138. The molecule has 6 heteroatoms. The monoisotopic (exact) mass is 168 g/mol. The van der Waals surface area contributed by atoms with Gasteiger partial charge in [-0.25, -0.2) is 9.69 Å². The predicted octanol–water partition coefficient (Wildman–Crippen LogP) is -1.59. The molecule has 0 spiro atoms. The maximum Gasteiger partial charge on any atom is 0.331 e. The van der Waals surface area contributed by atoms with Crippen LogP contribution in [0.4, 0.5) is 4.79 Å². The topological polar surface area (TPSA) is 83.6 Å². The first kappa shape index (κ1) is 6.96. The Hall–Kier alpha value is -1.72. The molecule has 12 heavy (non-hydrogen) atoms. The van der Waals surface area contributed by atoms with E-state index in [0.717, 1.165) is 0 Å². The minimum atomic E-state index is -0.891. The van der Waals surface area contributed by atoms with Gasteiger partial charge in [0.2, 0.25) is 5.78 Å². The number of carbonyl (C=O) groups excluding carboxylic acids is 4. The summed E-state index contributed by atoms with van der Waals surface area (Å²) in [6.45, 7) is 0. The third-order valence-corrected chi connectivity index (χ3v) is 1.90. The smallest absolute Gasteiger partial charge is 0.289 e. The van der Waals surface area contributed by atoms with Gasteiger partial charge in [-0.2, -0.15) is 0 Å². The average molecular weight is 168 g/mol. The third kappa shape index (κ3) is 0.635. The average Bonchev–Trinajstić information content (AvgIpc) is 2.41. The van der Waals surface area contributed by atoms with Crippen LogP contribution < -0.4 is 5.32 Å². The van der Waals surface area contributed by atoms with Crippen LogP contribution in [-0.4, -0.2) is 34.6 Å². The zero-order chi connectivity index (χ0) is 8.88. The molecule has 0 bridgehead atoms. The Bertz CT molecular complexity index is 322. The normalized spacial score (nSPS) is 28.0. The first-order chi connectivity index (χ1) is 5.61. The lowest BCUT2D eigenvalue weighted by Gasteiger charge is -2.05. The number of Topliss-reactive ketones (excluding diaryl/α,β-unsaturated/α-hetero) is 1. The summed E-state index contributed by atoms with van der Waals surface area (Å²) >= 11 is 0. The molecule has 62 valence electrons. The van der Waals surface area contributed by atoms with Crippen molar-refractivity contribution in [3.05, 3.63) is 0 Å². The number of imide groups is 2. The van der Waals surface area contributed by atoms with Crippen molar-refractivity contribution in [1.29, 1.82) is 0 Å². The fraction of sp³-hybridized carbons (Fsp3) is 0.333. The summed E-state index contributed by atoms with van der Waals surface area (Å²) in [6, 6.07) is -1.68. The molecule has 0 aliphatic carbocycles.